The maximum Gasteiger partial charge on any atom is 0.317 e. The minimum absolute atomic E-state index is 0.273. The first-order valence-corrected chi connectivity index (χ1v) is 5.59. The molecule has 0 fully saturated rings. The molecule has 0 radical (unpaired) electrons. The summed E-state index contributed by atoms with van der Waals surface area (Å²) in [6.45, 7) is 1.62. The zero-order valence-corrected chi connectivity index (χ0v) is 10.5. The molecule has 1 heterocycles. The Labute approximate surface area is 105 Å². The highest BCUT2D eigenvalue weighted by molar-refractivity contribution is 5.72. The Morgan fingerprint density at radius 2 is 1.89 bits per heavy atom. The fraction of sp³-hybridized carbons (Fsp3) is 0.545. The van der Waals surface area contributed by atoms with Crippen molar-refractivity contribution in [3.05, 3.63) is 17.5 Å². The van der Waals surface area contributed by atoms with Crippen molar-refractivity contribution < 1.29 is 19.8 Å². The summed E-state index contributed by atoms with van der Waals surface area (Å²) in [4.78, 5) is 22.7. The van der Waals surface area contributed by atoms with Crippen LogP contribution in [-0.2, 0) is 29.6 Å². The lowest BCUT2D eigenvalue weighted by atomic mass is 10.2. The molecule has 0 saturated carbocycles. The third-order valence-electron chi connectivity index (χ3n) is 2.44. The van der Waals surface area contributed by atoms with Crippen LogP contribution >= 0.6 is 0 Å². The van der Waals surface area contributed by atoms with E-state index in [1.807, 2.05) is 6.92 Å². The van der Waals surface area contributed by atoms with Crippen molar-refractivity contribution >= 4 is 11.9 Å². The lowest BCUT2D eigenvalue weighted by molar-refractivity contribution is -0.142. The van der Waals surface area contributed by atoms with Gasteiger partial charge in [-0.05, 0) is 6.42 Å². The van der Waals surface area contributed by atoms with Gasteiger partial charge in [0, 0.05) is 25.4 Å². The van der Waals surface area contributed by atoms with Crippen LogP contribution in [0.25, 0.3) is 0 Å². The van der Waals surface area contributed by atoms with Crippen molar-refractivity contribution in [1.82, 2.24) is 14.7 Å². The lowest BCUT2D eigenvalue weighted by Gasteiger charge is -2.17. The summed E-state index contributed by atoms with van der Waals surface area (Å²) in [7, 11) is 1.78. The van der Waals surface area contributed by atoms with Gasteiger partial charge >= 0.3 is 11.9 Å². The molecule has 100 valence electrons. The summed E-state index contributed by atoms with van der Waals surface area (Å²) in [6, 6.07) is 0. The van der Waals surface area contributed by atoms with Crippen molar-refractivity contribution in [2.24, 2.45) is 7.05 Å². The van der Waals surface area contributed by atoms with E-state index in [1.54, 1.807) is 17.9 Å². The minimum atomic E-state index is -1.04. The van der Waals surface area contributed by atoms with E-state index >= 15 is 0 Å². The number of rotatable bonds is 7. The van der Waals surface area contributed by atoms with Gasteiger partial charge in [0.15, 0.2) is 0 Å². The fourth-order valence-corrected chi connectivity index (χ4v) is 1.80. The third kappa shape index (κ3) is 4.17. The molecule has 1 rings (SSSR count). The van der Waals surface area contributed by atoms with Crippen molar-refractivity contribution in [3.63, 3.8) is 0 Å². The second-order valence-electron chi connectivity index (χ2n) is 4.06. The van der Waals surface area contributed by atoms with Crippen LogP contribution in [0.5, 0.6) is 0 Å². The molecule has 0 spiro atoms. The van der Waals surface area contributed by atoms with Gasteiger partial charge in [0.2, 0.25) is 0 Å². The number of carboxylic acids is 2. The highest BCUT2D eigenvalue weighted by Gasteiger charge is 2.16. The first-order chi connectivity index (χ1) is 8.42. The van der Waals surface area contributed by atoms with Crippen LogP contribution in [-0.4, -0.2) is 49.9 Å². The standard InChI is InChI=1S/C11H17N3O4/c1-3-9-8(4-13(2)12-9)5-14(6-10(15)16)7-11(17)18/h4H,3,5-7H2,1-2H3,(H,15,16)(H,17,18). The molecule has 7 heteroatoms. The first kappa shape index (κ1) is 14.2. The van der Waals surface area contributed by atoms with Crippen molar-refractivity contribution in [2.45, 2.75) is 19.9 Å². The van der Waals surface area contributed by atoms with E-state index in [9.17, 15) is 9.59 Å². The Bertz CT molecular complexity index is 425. The van der Waals surface area contributed by atoms with Crippen LogP contribution in [0.2, 0.25) is 0 Å². The Hall–Kier alpha value is -1.89. The molecule has 0 aliphatic carbocycles. The minimum Gasteiger partial charge on any atom is -0.480 e. The largest absolute Gasteiger partial charge is 0.480 e. The van der Waals surface area contributed by atoms with Gasteiger partial charge in [-0.25, -0.2) is 0 Å². The summed E-state index contributed by atoms with van der Waals surface area (Å²) in [6.07, 6.45) is 2.51. The zero-order valence-electron chi connectivity index (χ0n) is 10.5. The van der Waals surface area contributed by atoms with Gasteiger partial charge in [-0.1, -0.05) is 6.92 Å². The molecule has 2 N–H and O–H groups in total. The van der Waals surface area contributed by atoms with Crippen molar-refractivity contribution in [2.75, 3.05) is 13.1 Å². The number of hydrogen-bond donors (Lipinski definition) is 2. The van der Waals surface area contributed by atoms with E-state index in [0.29, 0.717) is 0 Å². The van der Waals surface area contributed by atoms with Crippen molar-refractivity contribution in [1.29, 1.82) is 0 Å². The lowest BCUT2D eigenvalue weighted by Crippen LogP contribution is -2.34. The molecular weight excluding hydrogens is 238 g/mol. The average molecular weight is 255 g/mol. The predicted octanol–water partition coefficient (Wildman–Crippen LogP) is -0.0463. The third-order valence-corrected chi connectivity index (χ3v) is 2.44. The maximum atomic E-state index is 10.7. The second kappa shape index (κ2) is 6.15. The Balaban J connectivity index is 2.80. The summed E-state index contributed by atoms with van der Waals surface area (Å²) in [5, 5.41) is 21.7. The van der Waals surface area contributed by atoms with E-state index in [4.69, 9.17) is 10.2 Å². The molecule has 18 heavy (non-hydrogen) atoms. The molecule has 1 aromatic rings. The number of carboxylic acid groups (broad SMARTS) is 2. The van der Waals surface area contributed by atoms with E-state index in [2.05, 4.69) is 5.10 Å². The second-order valence-corrected chi connectivity index (χ2v) is 4.06. The van der Waals surface area contributed by atoms with Crippen LogP contribution in [0, 0.1) is 0 Å². The van der Waals surface area contributed by atoms with Crippen LogP contribution in [0.1, 0.15) is 18.2 Å². The van der Waals surface area contributed by atoms with E-state index in [-0.39, 0.29) is 19.6 Å². The van der Waals surface area contributed by atoms with Crippen LogP contribution < -0.4 is 0 Å². The number of aliphatic carboxylic acids is 2. The van der Waals surface area contributed by atoms with Gasteiger partial charge in [0.25, 0.3) is 0 Å². The molecule has 0 aromatic carbocycles. The molecule has 1 aromatic heterocycles. The van der Waals surface area contributed by atoms with Gasteiger partial charge in [-0.2, -0.15) is 5.10 Å². The number of aryl methyl sites for hydroxylation is 2. The Kier molecular flexibility index (Phi) is 4.85. The van der Waals surface area contributed by atoms with Gasteiger partial charge < -0.3 is 10.2 Å². The van der Waals surface area contributed by atoms with E-state index < -0.39 is 11.9 Å². The highest BCUT2D eigenvalue weighted by atomic mass is 16.4. The number of hydrogen-bond acceptors (Lipinski definition) is 4. The highest BCUT2D eigenvalue weighted by Crippen LogP contribution is 2.10. The Morgan fingerprint density at radius 1 is 1.33 bits per heavy atom. The predicted molar refractivity (Wildman–Crippen MR) is 63.1 cm³/mol. The van der Waals surface area contributed by atoms with Gasteiger partial charge in [-0.3, -0.25) is 19.2 Å². The van der Waals surface area contributed by atoms with Gasteiger partial charge in [-0.15, -0.1) is 0 Å². The molecule has 0 amide bonds. The smallest absolute Gasteiger partial charge is 0.317 e. The van der Waals surface area contributed by atoms with Crippen LogP contribution in [0.3, 0.4) is 0 Å². The topological polar surface area (TPSA) is 95.7 Å². The molecule has 0 unspecified atom stereocenters. The zero-order chi connectivity index (χ0) is 13.7. The maximum absolute atomic E-state index is 10.7. The summed E-state index contributed by atoms with van der Waals surface area (Å²) in [5.74, 6) is -2.09. The molecule has 0 aliphatic heterocycles. The van der Waals surface area contributed by atoms with Crippen LogP contribution in [0.15, 0.2) is 6.20 Å². The Morgan fingerprint density at radius 3 is 2.33 bits per heavy atom. The molecular formula is C11H17N3O4. The molecule has 0 bridgehead atoms. The monoisotopic (exact) mass is 255 g/mol. The molecule has 0 aliphatic rings. The molecule has 0 atom stereocenters. The fourth-order valence-electron chi connectivity index (χ4n) is 1.80. The van der Waals surface area contributed by atoms with Gasteiger partial charge in [0.05, 0.1) is 18.8 Å². The van der Waals surface area contributed by atoms with Gasteiger partial charge in [0.1, 0.15) is 0 Å². The molecule has 7 nitrogen and oxygen atoms in total. The van der Waals surface area contributed by atoms with Crippen LogP contribution in [0.4, 0.5) is 0 Å². The van der Waals surface area contributed by atoms with E-state index in [1.165, 1.54) is 4.90 Å². The number of aromatic nitrogens is 2. The first-order valence-electron chi connectivity index (χ1n) is 5.59. The summed E-state index contributed by atoms with van der Waals surface area (Å²) < 4.78 is 1.65. The SMILES string of the molecule is CCc1nn(C)cc1CN(CC(=O)O)CC(=O)O. The number of nitrogens with zero attached hydrogens (tertiary/aromatic N) is 3. The molecule has 0 saturated heterocycles. The number of carbonyl (C=O) groups is 2. The normalized spacial score (nSPS) is 10.8. The van der Waals surface area contributed by atoms with E-state index in [0.717, 1.165) is 17.7 Å². The quantitative estimate of drug-likeness (QED) is 0.709. The summed E-state index contributed by atoms with van der Waals surface area (Å²) in [5.41, 5.74) is 1.72. The average Bonchev–Trinajstić information content (AvgIpc) is 2.56. The van der Waals surface area contributed by atoms with Crippen molar-refractivity contribution in [3.8, 4) is 0 Å². The summed E-state index contributed by atoms with van der Waals surface area (Å²) >= 11 is 0.